The van der Waals surface area contributed by atoms with Crippen LogP contribution in [-0.2, 0) is 13.6 Å². The maximum Gasteiger partial charge on any atom is 0.266 e. The third-order valence-corrected chi connectivity index (χ3v) is 5.32. The zero-order chi connectivity index (χ0) is 17.0. The van der Waals surface area contributed by atoms with E-state index in [1.807, 2.05) is 24.3 Å². The van der Waals surface area contributed by atoms with Gasteiger partial charge in [0.2, 0.25) is 5.95 Å². The fourth-order valence-corrected chi connectivity index (χ4v) is 3.70. The summed E-state index contributed by atoms with van der Waals surface area (Å²) in [5.41, 5.74) is 3.26. The van der Waals surface area contributed by atoms with E-state index in [0.29, 0.717) is 18.4 Å². The van der Waals surface area contributed by atoms with Crippen LogP contribution >= 0.6 is 0 Å². The maximum atomic E-state index is 12.1. The fourth-order valence-electron chi connectivity index (χ4n) is 3.70. The number of nitrogens with zero attached hydrogens (tertiary/aromatic N) is 5. The minimum atomic E-state index is 0.00517. The molecular formula is C19H21N5O. The van der Waals surface area contributed by atoms with E-state index in [9.17, 15) is 4.79 Å². The Morgan fingerprint density at radius 3 is 2.68 bits per heavy atom. The second kappa shape index (κ2) is 5.44. The van der Waals surface area contributed by atoms with E-state index >= 15 is 0 Å². The number of hydrogen-bond acceptors (Lipinski definition) is 4. The summed E-state index contributed by atoms with van der Waals surface area (Å²) in [4.78, 5) is 19.1. The highest BCUT2D eigenvalue weighted by molar-refractivity contribution is 5.78. The van der Waals surface area contributed by atoms with Gasteiger partial charge in [0.05, 0.1) is 23.3 Å². The van der Waals surface area contributed by atoms with E-state index in [0.717, 1.165) is 35.8 Å². The van der Waals surface area contributed by atoms with Gasteiger partial charge in [-0.05, 0) is 31.0 Å². The first-order valence-corrected chi connectivity index (χ1v) is 8.93. The molecule has 0 unspecified atom stereocenters. The van der Waals surface area contributed by atoms with Crippen LogP contribution in [0.15, 0.2) is 41.2 Å². The van der Waals surface area contributed by atoms with Gasteiger partial charge in [-0.25, -0.2) is 9.67 Å². The van der Waals surface area contributed by atoms with Crippen LogP contribution in [0.1, 0.15) is 24.5 Å². The standard InChI is InChI=1S/C19H21N5O/c1-22-17-5-3-2-4-16(17)20-19(22)23-10-13(11-23)12-24-18(25)9-8-15(21-24)14-6-7-14/h2-5,8-9,13-14H,6-7,10-12H2,1H3. The molecule has 128 valence electrons. The van der Waals surface area contributed by atoms with Gasteiger partial charge < -0.3 is 9.47 Å². The number of para-hydroxylation sites is 2. The highest BCUT2D eigenvalue weighted by Crippen LogP contribution is 2.38. The molecule has 2 aromatic heterocycles. The molecule has 3 heterocycles. The van der Waals surface area contributed by atoms with E-state index in [1.165, 1.54) is 12.8 Å². The molecule has 0 N–H and O–H groups in total. The van der Waals surface area contributed by atoms with E-state index in [2.05, 4.69) is 27.7 Å². The molecule has 1 aromatic carbocycles. The smallest absolute Gasteiger partial charge is 0.266 e. The molecule has 0 amide bonds. The van der Waals surface area contributed by atoms with Crippen molar-refractivity contribution in [2.24, 2.45) is 13.0 Å². The highest BCUT2D eigenvalue weighted by Gasteiger charge is 2.31. The summed E-state index contributed by atoms with van der Waals surface area (Å²) in [7, 11) is 2.06. The molecule has 2 aliphatic rings. The molecule has 6 heteroatoms. The molecule has 0 spiro atoms. The third-order valence-electron chi connectivity index (χ3n) is 5.32. The van der Waals surface area contributed by atoms with Gasteiger partial charge in [-0.3, -0.25) is 4.79 Å². The Hall–Kier alpha value is -2.63. The van der Waals surface area contributed by atoms with Crippen molar-refractivity contribution in [3.8, 4) is 0 Å². The van der Waals surface area contributed by atoms with Crippen LogP contribution in [0.4, 0.5) is 5.95 Å². The zero-order valence-corrected chi connectivity index (χ0v) is 14.3. The Morgan fingerprint density at radius 1 is 1.12 bits per heavy atom. The van der Waals surface area contributed by atoms with Crippen LogP contribution in [-0.4, -0.2) is 32.4 Å². The van der Waals surface area contributed by atoms with Crippen LogP contribution in [0, 0.1) is 5.92 Å². The second-order valence-corrected chi connectivity index (χ2v) is 7.28. The van der Waals surface area contributed by atoms with Gasteiger partial charge in [-0.15, -0.1) is 0 Å². The predicted octanol–water partition coefficient (Wildman–Crippen LogP) is 2.14. The first-order valence-electron chi connectivity index (χ1n) is 8.93. The molecule has 0 radical (unpaired) electrons. The molecule has 1 saturated heterocycles. The Kier molecular flexibility index (Phi) is 3.20. The average molecular weight is 335 g/mol. The predicted molar refractivity (Wildman–Crippen MR) is 96.9 cm³/mol. The number of imidazole rings is 1. The lowest BCUT2D eigenvalue weighted by Crippen LogP contribution is -2.50. The number of hydrogen-bond donors (Lipinski definition) is 0. The number of benzene rings is 1. The summed E-state index contributed by atoms with van der Waals surface area (Å²) >= 11 is 0. The number of anilines is 1. The molecule has 0 bridgehead atoms. The van der Waals surface area contributed by atoms with Gasteiger partial charge in [-0.2, -0.15) is 5.10 Å². The topological polar surface area (TPSA) is 56.0 Å². The van der Waals surface area contributed by atoms with Crippen LogP contribution in [0.5, 0.6) is 0 Å². The Labute approximate surface area is 145 Å². The largest absolute Gasteiger partial charge is 0.341 e. The van der Waals surface area contributed by atoms with Gasteiger partial charge in [0.25, 0.3) is 5.56 Å². The monoisotopic (exact) mass is 335 g/mol. The van der Waals surface area contributed by atoms with Crippen molar-refractivity contribution in [1.29, 1.82) is 0 Å². The normalized spacial score (nSPS) is 17.9. The first-order chi connectivity index (χ1) is 12.2. The van der Waals surface area contributed by atoms with E-state index in [4.69, 9.17) is 4.98 Å². The zero-order valence-electron chi connectivity index (χ0n) is 14.3. The molecule has 1 saturated carbocycles. The lowest BCUT2D eigenvalue weighted by Gasteiger charge is -2.39. The molecule has 0 atom stereocenters. The minimum Gasteiger partial charge on any atom is -0.341 e. The molecule has 1 aliphatic heterocycles. The van der Waals surface area contributed by atoms with Gasteiger partial charge in [0.1, 0.15) is 0 Å². The second-order valence-electron chi connectivity index (χ2n) is 7.28. The van der Waals surface area contributed by atoms with E-state index in [1.54, 1.807) is 10.7 Å². The lowest BCUT2D eigenvalue weighted by atomic mass is 10.0. The molecule has 25 heavy (non-hydrogen) atoms. The average Bonchev–Trinajstić information content (AvgIpc) is 3.38. The Bertz CT molecular complexity index is 994. The molecule has 6 nitrogen and oxygen atoms in total. The van der Waals surface area contributed by atoms with E-state index < -0.39 is 0 Å². The van der Waals surface area contributed by atoms with Crippen LogP contribution in [0.3, 0.4) is 0 Å². The van der Waals surface area contributed by atoms with Crippen LogP contribution in [0.25, 0.3) is 11.0 Å². The van der Waals surface area contributed by atoms with Crippen molar-refractivity contribution in [2.45, 2.75) is 25.3 Å². The van der Waals surface area contributed by atoms with E-state index in [-0.39, 0.29) is 5.56 Å². The minimum absolute atomic E-state index is 0.00517. The third kappa shape index (κ3) is 2.52. The quantitative estimate of drug-likeness (QED) is 0.733. The number of fused-ring (bicyclic) bond motifs is 1. The molecule has 3 aromatic rings. The Morgan fingerprint density at radius 2 is 1.92 bits per heavy atom. The fraction of sp³-hybridized carbons (Fsp3) is 0.421. The summed E-state index contributed by atoms with van der Waals surface area (Å²) in [6.07, 6.45) is 2.41. The summed E-state index contributed by atoms with van der Waals surface area (Å²) < 4.78 is 3.80. The maximum absolute atomic E-state index is 12.1. The summed E-state index contributed by atoms with van der Waals surface area (Å²) in [5.74, 6) is 2.02. The summed E-state index contributed by atoms with van der Waals surface area (Å²) in [6.45, 7) is 2.53. The van der Waals surface area contributed by atoms with Crippen molar-refractivity contribution < 1.29 is 0 Å². The highest BCUT2D eigenvalue weighted by atomic mass is 16.1. The van der Waals surface area contributed by atoms with Crippen LogP contribution in [0.2, 0.25) is 0 Å². The van der Waals surface area contributed by atoms with Gasteiger partial charge in [0.15, 0.2) is 0 Å². The van der Waals surface area contributed by atoms with Gasteiger partial charge in [-0.1, -0.05) is 12.1 Å². The summed E-state index contributed by atoms with van der Waals surface area (Å²) in [5, 5.41) is 4.57. The SMILES string of the molecule is Cn1c(N2CC(Cn3nc(C4CC4)ccc3=O)C2)nc2ccccc21. The van der Waals surface area contributed by atoms with Crippen molar-refractivity contribution in [3.05, 3.63) is 52.4 Å². The first kappa shape index (κ1) is 14.7. The van der Waals surface area contributed by atoms with Crippen LogP contribution < -0.4 is 10.5 Å². The number of rotatable bonds is 4. The van der Waals surface area contributed by atoms with Crippen molar-refractivity contribution in [2.75, 3.05) is 18.0 Å². The summed E-state index contributed by atoms with van der Waals surface area (Å²) in [6, 6.07) is 11.8. The van der Waals surface area contributed by atoms with Gasteiger partial charge >= 0.3 is 0 Å². The molecular weight excluding hydrogens is 314 g/mol. The Balaban J connectivity index is 1.31. The van der Waals surface area contributed by atoms with Crippen molar-refractivity contribution in [3.63, 3.8) is 0 Å². The molecule has 2 fully saturated rings. The van der Waals surface area contributed by atoms with Gasteiger partial charge in [0, 0.05) is 38.0 Å². The number of aryl methyl sites for hydroxylation is 1. The molecule has 5 rings (SSSR count). The lowest BCUT2D eigenvalue weighted by molar-refractivity contribution is 0.328. The molecule has 1 aliphatic carbocycles. The van der Waals surface area contributed by atoms with Crippen molar-refractivity contribution >= 4 is 17.0 Å². The van der Waals surface area contributed by atoms with Crippen molar-refractivity contribution in [1.82, 2.24) is 19.3 Å². The number of aromatic nitrogens is 4.